The first-order valence-electron chi connectivity index (χ1n) is 10.8. The normalized spacial score (nSPS) is 12.3. The van der Waals surface area contributed by atoms with Gasteiger partial charge in [0.2, 0.25) is 21.8 Å². The van der Waals surface area contributed by atoms with Crippen LogP contribution in [-0.2, 0) is 26.2 Å². The summed E-state index contributed by atoms with van der Waals surface area (Å²) in [6.45, 7) is 7.29. The molecule has 0 heterocycles. The fraction of sp³-hybridized carbons (Fsp3) is 0.417. The lowest BCUT2D eigenvalue weighted by atomic mass is 10.1. The molecular weight excluding hydrogens is 506 g/mol. The molecule has 2 aromatic carbocycles. The molecule has 2 aromatic rings. The number of sulfonamides is 1. The number of rotatable bonds is 10. The predicted molar refractivity (Wildman–Crippen MR) is 135 cm³/mol. The average molecular weight is 539 g/mol. The van der Waals surface area contributed by atoms with Crippen LogP contribution in [0.2, 0.25) is 0 Å². The number of aryl methyl sites for hydroxylation is 1. The fourth-order valence-corrected chi connectivity index (χ4v) is 4.61. The fourth-order valence-electron chi connectivity index (χ4n) is 3.49. The summed E-state index contributed by atoms with van der Waals surface area (Å²) in [7, 11) is -3.74. The summed E-state index contributed by atoms with van der Waals surface area (Å²) in [5.41, 5.74) is 2.27. The third-order valence-electron chi connectivity index (χ3n) is 5.21. The second-order valence-electron chi connectivity index (χ2n) is 8.28. The first-order chi connectivity index (χ1) is 15.4. The van der Waals surface area contributed by atoms with Crippen molar-refractivity contribution in [3.8, 4) is 0 Å². The van der Waals surface area contributed by atoms with Crippen molar-refractivity contribution in [3.05, 3.63) is 64.1 Å². The summed E-state index contributed by atoms with van der Waals surface area (Å²) in [6.07, 6.45) is 1.46. The third kappa shape index (κ3) is 7.57. The highest BCUT2D eigenvalue weighted by Gasteiger charge is 2.32. The van der Waals surface area contributed by atoms with Gasteiger partial charge in [-0.2, -0.15) is 0 Å². The Bertz CT molecular complexity index is 1070. The molecule has 0 aliphatic carbocycles. The molecule has 0 spiro atoms. The molecular formula is C24H32BrN3O4S. The Hall–Kier alpha value is -2.39. The van der Waals surface area contributed by atoms with Gasteiger partial charge in [-0.15, -0.1) is 0 Å². The molecule has 0 saturated carbocycles. The SMILES string of the molecule is CCC(C(=O)NC(C)C)N(Cc1ccccc1C)C(=O)CN(c1ccc(Br)cc1)S(C)(=O)=O. The summed E-state index contributed by atoms with van der Waals surface area (Å²) >= 11 is 3.34. The van der Waals surface area contributed by atoms with Gasteiger partial charge in [-0.05, 0) is 62.6 Å². The number of benzene rings is 2. The van der Waals surface area contributed by atoms with E-state index >= 15 is 0 Å². The minimum Gasteiger partial charge on any atom is -0.352 e. The molecule has 2 rings (SSSR count). The van der Waals surface area contributed by atoms with E-state index in [1.807, 2.05) is 52.0 Å². The molecule has 0 fully saturated rings. The molecule has 33 heavy (non-hydrogen) atoms. The smallest absolute Gasteiger partial charge is 0.244 e. The van der Waals surface area contributed by atoms with Crippen LogP contribution >= 0.6 is 15.9 Å². The maximum absolute atomic E-state index is 13.6. The van der Waals surface area contributed by atoms with Gasteiger partial charge in [-0.1, -0.05) is 47.1 Å². The first-order valence-corrected chi connectivity index (χ1v) is 13.5. The standard InChI is InChI=1S/C24H32BrN3O4S/c1-6-22(24(30)26-17(2)3)27(15-19-10-8-7-9-18(19)4)23(29)16-28(33(5,31)32)21-13-11-20(25)12-14-21/h7-14,17,22H,6,15-16H2,1-5H3,(H,26,30). The van der Waals surface area contributed by atoms with E-state index in [9.17, 15) is 18.0 Å². The lowest BCUT2D eigenvalue weighted by molar-refractivity contribution is -0.140. The number of carbonyl (C=O) groups is 2. The highest BCUT2D eigenvalue weighted by molar-refractivity contribution is 9.10. The molecule has 1 N–H and O–H groups in total. The molecule has 0 aliphatic rings. The van der Waals surface area contributed by atoms with Crippen LogP contribution in [0.4, 0.5) is 5.69 Å². The molecule has 0 saturated heterocycles. The molecule has 0 bridgehead atoms. The number of anilines is 1. The largest absolute Gasteiger partial charge is 0.352 e. The van der Waals surface area contributed by atoms with Gasteiger partial charge in [0.1, 0.15) is 12.6 Å². The molecule has 0 radical (unpaired) electrons. The third-order valence-corrected chi connectivity index (χ3v) is 6.88. The van der Waals surface area contributed by atoms with Gasteiger partial charge in [0.05, 0.1) is 11.9 Å². The van der Waals surface area contributed by atoms with E-state index in [0.29, 0.717) is 12.1 Å². The zero-order valence-electron chi connectivity index (χ0n) is 19.7. The monoisotopic (exact) mass is 537 g/mol. The molecule has 1 atom stereocenters. The zero-order valence-corrected chi connectivity index (χ0v) is 22.1. The van der Waals surface area contributed by atoms with E-state index in [1.54, 1.807) is 24.3 Å². The molecule has 7 nitrogen and oxygen atoms in total. The maximum atomic E-state index is 13.6. The van der Waals surface area contributed by atoms with Crippen molar-refractivity contribution >= 4 is 43.5 Å². The van der Waals surface area contributed by atoms with E-state index < -0.39 is 28.5 Å². The van der Waals surface area contributed by atoms with Crippen LogP contribution < -0.4 is 9.62 Å². The molecule has 1 unspecified atom stereocenters. The Morgan fingerprint density at radius 3 is 2.18 bits per heavy atom. The highest BCUT2D eigenvalue weighted by Crippen LogP contribution is 2.22. The van der Waals surface area contributed by atoms with Crippen molar-refractivity contribution in [1.82, 2.24) is 10.2 Å². The van der Waals surface area contributed by atoms with Crippen LogP contribution in [0.1, 0.15) is 38.3 Å². The second kappa shape index (κ2) is 11.7. The van der Waals surface area contributed by atoms with Crippen molar-refractivity contribution in [2.24, 2.45) is 0 Å². The van der Waals surface area contributed by atoms with Gasteiger partial charge in [0.25, 0.3) is 0 Å². The number of nitrogens with zero attached hydrogens (tertiary/aromatic N) is 2. The van der Waals surface area contributed by atoms with Crippen LogP contribution in [0.25, 0.3) is 0 Å². The van der Waals surface area contributed by atoms with E-state index in [-0.39, 0.29) is 18.5 Å². The van der Waals surface area contributed by atoms with Gasteiger partial charge in [-0.25, -0.2) is 8.42 Å². The van der Waals surface area contributed by atoms with Crippen LogP contribution in [0.15, 0.2) is 53.0 Å². The molecule has 9 heteroatoms. The predicted octanol–water partition coefficient (Wildman–Crippen LogP) is 3.86. The molecule has 180 valence electrons. The van der Waals surface area contributed by atoms with Crippen molar-refractivity contribution < 1.29 is 18.0 Å². The lowest BCUT2D eigenvalue weighted by Crippen LogP contribution is -2.53. The van der Waals surface area contributed by atoms with Crippen LogP contribution in [-0.4, -0.2) is 50.0 Å². The first kappa shape index (κ1) is 26.9. The Kier molecular flexibility index (Phi) is 9.48. The van der Waals surface area contributed by atoms with Crippen molar-refractivity contribution in [1.29, 1.82) is 0 Å². The lowest BCUT2D eigenvalue weighted by Gasteiger charge is -2.33. The zero-order chi connectivity index (χ0) is 24.8. The van der Waals surface area contributed by atoms with Gasteiger partial charge >= 0.3 is 0 Å². The Balaban J connectivity index is 2.44. The van der Waals surface area contributed by atoms with E-state index in [2.05, 4.69) is 21.2 Å². The number of halogens is 1. The van der Waals surface area contributed by atoms with Crippen molar-refractivity contribution in [2.45, 2.75) is 52.7 Å². The van der Waals surface area contributed by atoms with E-state index in [0.717, 1.165) is 26.2 Å². The number of carbonyl (C=O) groups excluding carboxylic acids is 2. The Morgan fingerprint density at radius 1 is 1.06 bits per heavy atom. The summed E-state index contributed by atoms with van der Waals surface area (Å²) in [5, 5.41) is 2.88. The van der Waals surface area contributed by atoms with Crippen LogP contribution in [0.5, 0.6) is 0 Å². The maximum Gasteiger partial charge on any atom is 0.244 e. The minimum absolute atomic E-state index is 0.0859. The second-order valence-corrected chi connectivity index (χ2v) is 11.1. The quantitative estimate of drug-likeness (QED) is 0.498. The highest BCUT2D eigenvalue weighted by atomic mass is 79.9. The van der Waals surface area contributed by atoms with Gasteiger partial charge in [0, 0.05) is 17.1 Å². The van der Waals surface area contributed by atoms with Crippen LogP contribution in [0, 0.1) is 6.92 Å². The summed E-state index contributed by atoms with van der Waals surface area (Å²) in [6, 6.07) is 13.5. The molecule has 0 aromatic heterocycles. The Morgan fingerprint density at radius 2 is 1.67 bits per heavy atom. The molecule has 2 amide bonds. The number of hydrogen-bond acceptors (Lipinski definition) is 4. The van der Waals surface area contributed by atoms with Crippen molar-refractivity contribution in [2.75, 3.05) is 17.1 Å². The van der Waals surface area contributed by atoms with Gasteiger partial charge < -0.3 is 10.2 Å². The van der Waals surface area contributed by atoms with Crippen molar-refractivity contribution in [3.63, 3.8) is 0 Å². The van der Waals surface area contributed by atoms with Crippen LogP contribution in [0.3, 0.4) is 0 Å². The van der Waals surface area contributed by atoms with Gasteiger partial charge in [-0.3, -0.25) is 13.9 Å². The average Bonchev–Trinajstić information content (AvgIpc) is 2.72. The summed E-state index contributed by atoms with van der Waals surface area (Å²) < 4.78 is 27.0. The number of nitrogens with one attached hydrogen (secondary N) is 1. The number of hydrogen-bond donors (Lipinski definition) is 1. The summed E-state index contributed by atoms with van der Waals surface area (Å²) in [5.74, 6) is -0.707. The van der Waals surface area contributed by atoms with E-state index in [1.165, 1.54) is 4.90 Å². The van der Waals surface area contributed by atoms with Gasteiger partial charge in [0.15, 0.2) is 0 Å². The molecule has 0 aliphatic heterocycles. The summed E-state index contributed by atoms with van der Waals surface area (Å²) in [4.78, 5) is 28.0. The number of amides is 2. The Labute approximate surface area is 205 Å². The van der Waals surface area contributed by atoms with E-state index in [4.69, 9.17) is 0 Å². The topological polar surface area (TPSA) is 86.8 Å². The minimum atomic E-state index is -3.74.